The minimum absolute atomic E-state index is 0. The summed E-state index contributed by atoms with van der Waals surface area (Å²) in [5.74, 6) is 2.25. The van der Waals surface area contributed by atoms with Crippen molar-refractivity contribution in [3.8, 4) is 0 Å². The highest BCUT2D eigenvalue weighted by molar-refractivity contribution is 14.0. The molecule has 0 aromatic heterocycles. The number of guanidine groups is 1. The van der Waals surface area contributed by atoms with Crippen LogP contribution in [-0.4, -0.2) is 62.2 Å². The largest absolute Gasteiger partial charge is 0.356 e. The Morgan fingerprint density at radius 2 is 2.00 bits per heavy atom. The van der Waals surface area contributed by atoms with Crippen molar-refractivity contribution in [2.75, 3.05) is 38.2 Å². The van der Waals surface area contributed by atoms with Crippen LogP contribution in [0, 0.1) is 0 Å². The number of thioether (sulfide) groups is 1. The number of nitrogens with one attached hydrogen (secondary N) is 1. The van der Waals surface area contributed by atoms with Gasteiger partial charge in [-0.1, -0.05) is 30.3 Å². The van der Waals surface area contributed by atoms with E-state index in [1.165, 1.54) is 0 Å². The molecule has 148 valence electrons. The van der Waals surface area contributed by atoms with Gasteiger partial charge in [0.25, 0.3) is 0 Å². The van der Waals surface area contributed by atoms with Crippen LogP contribution in [0.15, 0.2) is 35.3 Å². The Balaban J connectivity index is 0.00000338. The molecule has 1 fully saturated rings. The van der Waals surface area contributed by atoms with E-state index in [1.807, 2.05) is 42.1 Å². The summed E-state index contributed by atoms with van der Waals surface area (Å²) in [4.78, 5) is 6.61. The zero-order valence-corrected chi connectivity index (χ0v) is 19.7. The Bertz CT molecular complexity index is 679. The summed E-state index contributed by atoms with van der Waals surface area (Å²) >= 11 is 1.98. The molecule has 1 aliphatic heterocycles. The van der Waals surface area contributed by atoms with Crippen molar-refractivity contribution < 1.29 is 8.42 Å². The topological polar surface area (TPSA) is 61.8 Å². The van der Waals surface area contributed by atoms with E-state index in [9.17, 15) is 8.42 Å². The molecular formula is C18H30IN3O2S2. The van der Waals surface area contributed by atoms with Crippen LogP contribution >= 0.6 is 35.7 Å². The Morgan fingerprint density at radius 3 is 2.62 bits per heavy atom. The molecule has 1 aliphatic rings. The smallest absolute Gasteiger partial charge is 0.193 e. The monoisotopic (exact) mass is 511 g/mol. The molecule has 5 nitrogen and oxygen atoms in total. The molecule has 0 atom stereocenters. The van der Waals surface area contributed by atoms with Crippen molar-refractivity contribution in [3.05, 3.63) is 35.9 Å². The van der Waals surface area contributed by atoms with Gasteiger partial charge in [-0.05, 0) is 25.8 Å². The fraction of sp³-hybridized carbons (Fsp3) is 0.611. The van der Waals surface area contributed by atoms with Crippen LogP contribution in [0.1, 0.15) is 25.8 Å². The maximum Gasteiger partial charge on any atom is 0.193 e. The third kappa shape index (κ3) is 8.04. The number of hydrogen-bond donors (Lipinski definition) is 1. The first kappa shape index (κ1) is 23.6. The van der Waals surface area contributed by atoms with Crippen LogP contribution in [0.25, 0.3) is 0 Å². The molecule has 1 N–H and O–H groups in total. The van der Waals surface area contributed by atoms with E-state index in [-0.39, 0.29) is 40.2 Å². The first-order chi connectivity index (χ1) is 11.8. The summed E-state index contributed by atoms with van der Waals surface area (Å²) in [6, 6.07) is 9.34. The fourth-order valence-corrected chi connectivity index (χ4v) is 5.46. The Kier molecular flexibility index (Phi) is 9.74. The fourth-order valence-electron chi connectivity index (χ4n) is 2.92. The van der Waals surface area contributed by atoms with Gasteiger partial charge in [-0.3, -0.25) is 4.99 Å². The molecule has 0 bridgehead atoms. The van der Waals surface area contributed by atoms with Gasteiger partial charge in [0.2, 0.25) is 0 Å². The zero-order chi connectivity index (χ0) is 18.3. The van der Waals surface area contributed by atoms with Gasteiger partial charge in [0.1, 0.15) is 0 Å². The molecule has 1 aromatic carbocycles. The van der Waals surface area contributed by atoms with E-state index in [2.05, 4.69) is 29.1 Å². The van der Waals surface area contributed by atoms with Gasteiger partial charge < -0.3 is 10.2 Å². The van der Waals surface area contributed by atoms with Crippen LogP contribution in [0.5, 0.6) is 0 Å². The third-order valence-electron chi connectivity index (χ3n) is 4.08. The van der Waals surface area contributed by atoms with E-state index in [4.69, 9.17) is 0 Å². The number of halogens is 1. The van der Waals surface area contributed by atoms with Gasteiger partial charge in [-0.2, -0.15) is 11.8 Å². The van der Waals surface area contributed by atoms with Crippen LogP contribution in [0.2, 0.25) is 0 Å². The lowest BCUT2D eigenvalue weighted by Crippen LogP contribution is -2.51. The molecule has 1 aromatic rings. The SMILES string of the molecule is CN=C(NCCCS(=O)(=O)Cc1ccccc1)N1CCSC(C)(C)C1.I. The molecule has 2 rings (SSSR count). The molecule has 0 aliphatic carbocycles. The van der Waals surface area contributed by atoms with Gasteiger partial charge in [-0.15, -0.1) is 24.0 Å². The summed E-state index contributed by atoms with van der Waals surface area (Å²) in [7, 11) is -1.30. The van der Waals surface area contributed by atoms with E-state index in [1.54, 1.807) is 7.05 Å². The highest BCUT2D eigenvalue weighted by atomic mass is 127. The zero-order valence-electron chi connectivity index (χ0n) is 15.8. The van der Waals surface area contributed by atoms with Crippen LogP contribution < -0.4 is 5.32 Å². The van der Waals surface area contributed by atoms with E-state index in [0.717, 1.165) is 30.4 Å². The minimum Gasteiger partial charge on any atom is -0.356 e. The standard InChI is InChI=1S/C18H29N3O2S2.HI/c1-18(2)15-21(11-12-24-18)17(19-3)20-10-7-13-25(22,23)14-16-8-5-4-6-9-16;/h4-6,8-9H,7,10-15H2,1-3H3,(H,19,20);1H. The number of benzene rings is 1. The summed E-state index contributed by atoms with van der Waals surface area (Å²) in [6.45, 7) is 7.02. The quantitative estimate of drug-likeness (QED) is 0.276. The molecule has 0 saturated carbocycles. The van der Waals surface area contributed by atoms with Crippen LogP contribution in [-0.2, 0) is 15.6 Å². The lowest BCUT2D eigenvalue weighted by Gasteiger charge is -2.39. The summed E-state index contributed by atoms with van der Waals surface area (Å²) in [5, 5.41) is 3.32. The molecule has 1 saturated heterocycles. The van der Waals surface area contributed by atoms with Gasteiger partial charge in [0.05, 0.1) is 11.5 Å². The van der Waals surface area contributed by atoms with E-state index < -0.39 is 9.84 Å². The lowest BCUT2D eigenvalue weighted by molar-refractivity contribution is 0.376. The van der Waals surface area contributed by atoms with Crippen molar-refractivity contribution in [2.45, 2.75) is 30.8 Å². The second-order valence-corrected chi connectivity index (χ2v) is 10.9. The van der Waals surface area contributed by atoms with Crippen LogP contribution in [0.4, 0.5) is 0 Å². The predicted octanol–water partition coefficient (Wildman–Crippen LogP) is 3.01. The normalized spacial score (nSPS) is 17.5. The van der Waals surface area contributed by atoms with Crippen LogP contribution in [0.3, 0.4) is 0 Å². The number of sulfone groups is 1. The van der Waals surface area contributed by atoms with Crippen molar-refractivity contribution >= 4 is 51.5 Å². The average Bonchev–Trinajstić information content (AvgIpc) is 2.54. The molecule has 1 heterocycles. The Labute approximate surface area is 179 Å². The first-order valence-electron chi connectivity index (χ1n) is 8.65. The molecule has 0 unspecified atom stereocenters. The maximum absolute atomic E-state index is 12.2. The molecular weight excluding hydrogens is 481 g/mol. The Morgan fingerprint density at radius 1 is 1.31 bits per heavy atom. The number of nitrogens with zero attached hydrogens (tertiary/aromatic N) is 2. The summed E-state index contributed by atoms with van der Waals surface area (Å²) in [5.41, 5.74) is 0.847. The minimum atomic E-state index is -3.08. The lowest BCUT2D eigenvalue weighted by atomic mass is 10.2. The second kappa shape index (κ2) is 10.8. The molecule has 26 heavy (non-hydrogen) atoms. The van der Waals surface area contributed by atoms with E-state index in [0.29, 0.717) is 13.0 Å². The van der Waals surface area contributed by atoms with Crippen molar-refractivity contribution in [1.82, 2.24) is 10.2 Å². The Hall–Kier alpha value is -0.480. The summed E-state index contributed by atoms with van der Waals surface area (Å²) in [6.07, 6.45) is 0.584. The highest BCUT2D eigenvalue weighted by Gasteiger charge is 2.28. The third-order valence-corrected chi connectivity index (χ3v) is 7.06. The molecule has 8 heteroatoms. The van der Waals surface area contributed by atoms with Crippen molar-refractivity contribution in [1.29, 1.82) is 0 Å². The highest BCUT2D eigenvalue weighted by Crippen LogP contribution is 2.29. The van der Waals surface area contributed by atoms with Crippen molar-refractivity contribution in [2.24, 2.45) is 4.99 Å². The maximum atomic E-state index is 12.2. The number of aliphatic imine (C=N–C) groups is 1. The predicted molar refractivity (Wildman–Crippen MR) is 123 cm³/mol. The van der Waals surface area contributed by atoms with Gasteiger partial charge in [0, 0.05) is 37.2 Å². The van der Waals surface area contributed by atoms with Crippen molar-refractivity contribution in [3.63, 3.8) is 0 Å². The molecule has 0 amide bonds. The first-order valence-corrected chi connectivity index (χ1v) is 11.5. The average molecular weight is 511 g/mol. The molecule has 0 spiro atoms. The van der Waals surface area contributed by atoms with E-state index >= 15 is 0 Å². The molecule has 0 radical (unpaired) electrons. The number of hydrogen-bond acceptors (Lipinski definition) is 4. The van der Waals surface area contributed by atoms with Gasteiger partial charge in [-0.25, -0.2) is 8.42 Å². The van der Waals surface area contributed by atoms with Gasteiger partial charge >= 0.3 is 0 Å². The summed E-state index contributed by atoms with van der Waals surface area (Å²) < 4.78 is 24.7. The second-order valence-electron chi connectivity index (χ2n) is 6.93. The van der Waals surface area contributed by atoms with Gasteiger partial charge in [0.15, 0.2) is 15.8 Å². The number of rotatable bonds is 6.